The summed E-state index contributed by atoms with van der Waals surface area (Å²) in [5, 5.41) is 8.60. The summed E-state index contributed by atoms with van der Waals surface area (Å²) in [6.45, 7) is 6.66. The van der Waals surface area contributed by atoms with Crippen molar-refractivity contribution in [1.82, 2.24) is 5.32 Å². The fraction of sp³-hybridized carbons (Fsp3) is 0.192. The second-order valence-corrected chi connectivity index (χ2v) is 7.99. The summed E-state index contributed by atoms with van der Waals surface area (Å²) in [4.78, 5) is 25.4. The highest BCUT2D eigenvalue weighted by molar-refractivity contribution is 7.80. The van der Waals surface area contributed by atoms with E-state index in [0.29, 0.717) is 34.9 Å². The Morgan fingerprint density at radius 1 is 0.879 bits per heavy atom. The van der Waals surface area contributed by atoms with Crippen LogP contribution in [-0.4, -0.2) is 23.5 Å². The summed E-state index contributed by atoms with van der Waals surface area (Å²) in [6, 6.07) is 19.6. The summed E-state index contributed by atoms with van der Waals surface area (Å²) in [5.74, 6) is 0.0718. The lowest BCUT2D eigenvalue weighted by atomic mass is 10.1. The number of rotatable bonds is 7. The van der Waals surface area contributed by atoms with Gasteiger partial charge in [-0.15, -0.1) is 0 Å². The average molecular weight is 462 g/mol. The maximum atomic E-state index is 12.9. The summed E-state index contributed by atoms with van der Waals surface area (Å²) in [5.41, 5.74) is 4.30. The molecule has 0 aromatic heterocycles. The predicted molar refractivity (Wildman–Crippen MR) is 136 cm³/mol. The molecule has 0 aliphatic heterocycles. The third kappa shape index (κ3) is 6.63. The molecule has 0 heterocycles. The van der Waals surface area contributed by atoms with Gasteiger partial charge in [-0.1, -0.05) is 25.1 Å². The topological polar surface area (TPSA) is 79.5 Å². The van der Waals surface area contributed by atoms with Crippen LogP contribution in [0.5, 0.6) is 5.75 Å². The molecule has 0 spiro atoms. The minimum atomic E-state index is -0.355. The van der Waals surface area contributed by atoms with E-state index in [-0.39, 0.29) is 16.9 Å². The van der Waals surface area contributed by atoms with Crippen molar-refractivity contribution < 1.29 is 14.3 Å². The van der Waals surface area contributed by atoms with Gasteiger partial charge in [-0.3, -0.25) is 14.9 Å². The molecule has 0 saturated heterocycles. The molecule has 170 valence electrons. The van der Waals surface area contributed by atoms with E-state index in [1.54, 1.807) is 48.5 Å². The minimum Gasteiger partial charge on any atom is -0.494 e. The number of thiocarbonyl (C=S) groups is 1. The van der Waals surface area contributed by atoms with Crippen molar-refractivity contribution >= 4 is 40.5 Å². The fourth-order valence-electron chi connectivity index (χ4n) is 3.06. The third-order valence-electron chi connectivity index (χ3n) is 5.00. The molecule has 0 fully saturated rings. The number of para-hydroxylation sites is 1. The maximum absolute atomic E-state index is 12.9. The SMILES string of the molecule is CCCOc1ccc(C(=O)NC(=S)Nc2ccccc2C(=O)Nc2ccc(C)c(C)c2)cc1. The molecule has 2 amide bonds. The Morgan fingerprint density at radius 2 is 1.61 bits per heavy atom. The molecule has 0 aliphatic rings. The van der Waals surface area contributed by atoms with Crippen LogP contribution in [0.4, 0.5) is 11.4 Å². The van der Waals surface area contributed by atoms with Gasteiger partial charge in [-0.2, -0.15) is 0 Å². The highest BCUT2D eigenvalue weighted by Gasteiger charge is 2.14. The molecule has 0 aliphatic carbocycles. The van der Waals surface area contributed by atoms with Gasteiger partial charge in [-0.25, -0.2) is 0 Å². The highest BCUT2D eigenvalue weighted by atomic mass is 32.1. The molecule has 6 nitrogen and oxygen atoms in total. The summed E-state index contributed by atoms with van der Waals surface area (Å²) < 4.78 is 5.53. The zero-order valence-corrected chi connectivity index (χ0v) is 19.7. The normalized spacial score (nSPS) is 10.3. The number of aryl methyl sites for hydroxylation is 2. The Balaban J connectivity index is 1.64. The molecular formula is C26H27N3O3S. The lowest BCUT2D eigenvalue weighted by Crippen LogP contribution is -2.34. The monoisotopic (exact) mass is 461 g/mol. The van der Waals surface area contributed by atoms with E-state index in [4.69, 9.17) is 17.0 Å². The summed E-state index contributed by atoms with van der Waals surface area (Å²) in [7, 11) is 0. The number of amides is 2. The van der Waals surface area contributed by atoms with Crippen LogP contribution in [0.25, 0.3) is 0 Å². The van der Waals surface area contributed by atoms with E-state index in [9.17, 15) is 9.59 Å². The van der Waals surface area contributed by atoms with Crippen LogP contribution in [0.15, 0.2) is 66.7 Å². The molecule has 0 saturated carbocycles. The van der Waals surface area contributed by atoms with Crippen LogP contribution >= 0.6 is 12.2 Å². The number of benzene rings is 3. The maximum Gasteiger partial charge on any atom is 0.257 e. The Kier molecular flexibility index (Phi) is 8.16. The molecule has 3 aromatic rings. The van der Waals surface area contributed by atoms with Gasteiger partial charge in [0.15, 0.2) is 5.11 Å². The molecule has 0 atom stereocenters. The van der Waals surface area contributed by atoms with Gasteiger partial charge < -0.3 is 15.4 Å². The number of anilines is 2. The van der Waals surface area contributed by atoms with Crippen LogP contribution in [0.1, 0.15) is 45.2 Å². The summed E-state index contributed by atoms with van der Waals surface area (Å²) in [6.07, 6.45) is 0.909. The Labute approximate surface area is 199 Å². The number of hydrogen-bond acceptors (Lipinski definition) is 4. The lowest BCUT2D eigenvalue weighted by Gasteiger charge is -2.14. The van der Waals surface area contributed by atoms with Gasteiger partial charge in [0, 0.05) is 11.3 Å². The van der Waals surface area contributed by atoms with E-state index < -0.39 is 0 Å². The number of ether oxygens (including phenoxy) is 1. The number of carbonyl (C=O) groups excluding carboxylic acids is 2. The zero-order chi connectivity index (χ0) is 23.8. The van der Waals surface area contributed by atoms with Crippen LogP contribution in [0, 0.1) is 13.8 Å². The second-order valence-electron chi connectivity index (χ2n) is 7.58. The fourth-order valence-corrected chi connectivity index (χ4v) is 3.26. The van der Waals surface area contributed by atoms with Crippen molar-refractivity contribution in [2.24, 2.45) is 0 Å². The molecule has 3 rings (SSSR count). The van der Waals surface area contributed by atoms with E-state index in [1.807, 2.05) is 39.0 Å². The summed E-state index contributed by atoms with van der Waals surface area (Å²) >= 11 is 5.30. The predicted octanol–water partition coefficient (Wildman–Crippen LogP) is 5.47. The molecule has 33 heavy (non-hydrogen) atoms. The number of hydrogen-bond donors (Lipinski definition) is 3. The molecule has 7 heteroatoms. The smallest absolute Gasteiger partial charge is 0.257 e. The molecule has 0 unspecified atom stereocenters. The largest absolute Gasteiger partial charge is 0.494 e. The number of carbonyl (C=O) groups is 2. The first-order valence-electron chi connectivity index (χ1n) is 10.7. The van der Waals surface area contributed by atoms with Gasteiger partial charge in [0.25, 0.3) is 11.8 Å². The molecule has 0 bridgehead atoms. The highest BCUT2D eigenvalue weighted by Crippen LogP contribution is 2.19. The lowest BCUT2D eigenvalue weighted by molar-refractivity contribution is 0.0976. The van der Waals surface area contributed by atoms with Crippen molar-refractivity contribution in [2.45, 2.75) is 27.2 Å². The van der Waals surface area contributed by atoms with E-state index in [0.717, 1.165) is 17.5 Å². The third-order valence-corrected chi connectivity index (χ3v) is 5.21. The Hall–Kier alpha value is -3.71. The van der Waals surface area contributed by atoms with Gasteiger partial charge in [0.1, 0.15) is 5.75 Å². The Morgan fingerprint density at radius 3 is 2.30 bits per heavy atom. The first-order valence-corrected chi connectivity index (χ1v) is 11.1. The zero-order valence-electron chi connectivity index (χ0n) is 18.9. The quantitative estimate of drug-likeness (QED) is 0.407. The van der Waals surface area contributed by atoms with E-state index in [1.165, 1.54) is 0 Å². The molecule has 0 radical (unpaired) electrons. The van der Waals surface area contributed by atoms with Crippen LogP contribution < -0.4 is 20.7 Å². The van der Waals surface area contributed by atoms with Crippen molar-refractivity contribution in [3.63, 3.8) is 0 Å². The Bertz CT molecular complexity index is 1160. The second kappa shape index (κ2) is 11.2. The van der Waals surface area contributed by atoms with E-state index >= 15 is 0 Å². The first-order chi connectivity index (χ1) is 15.9. The van der Waals surface area contributed by atoms with Gasteiger partial charge in [0.05, 0.1) is 17.9 Å². The molecule has 3 aromatic carbocycles. The van der Waals surface area contributed by atoms with Crippen LogP contribution in [-0.2, 0) is 0 Å². The van der Waals surface area contributed by atoms with Crippen molar-refractivity contribution in [3.8, 4) is 5.75 Å². The van der Waals surface area contributed by atoms with Crippen molar-refractivity contribution in [2.75, 3.05) is 17.2 Å². The first kappa shape index (κ1) is 23.9. The molecule has 3 N–H and O–H groups in total. The van der Waals surface area contributed by atoms with Crippen molar-refractivity contribution in [1.29, 1.82) is 0 Å². The minimum absolute atomic E-state index is 0.0951. The van der Waals surface area contributed by atoms with Gasteiger partial charge >= 0.3 is 0 Å². The number of nitrogens with one attached hydrogen (secondary N) is 3. The van der Waals surface area contributed by atoms with Gasteiger partial charge in [-0.05, 0) is 92.1 Å². The van der Waals surface area contributed by atoms with E-state index in [2.05, 4.69) is 16.0 Å². The van der Waals surface area contributed by atoms with Crippen LogP contribution in [0.2, 0.25) is 0 Å². The average Bonchev–Trinajstić information content (AvgIpc) is 2.80. The molecular weight excluding hydrogens is 434 g/mol. The van der Waals surface area contributed by atoms with Crippen molar-refractivity contribution in [3.05, 3.63) is 89.0 Å². The van der Waals surface area contributed by atoms with Gasteiger partial charge in [0.2, 0.25) is 0 Å². The standard InChI is InChI=1S/C26H27N3O3S/c1-4-15-32-21-13-10-19(11-14-21)24(30)29-26(33)28-23-8-6-5-7-22(23)25(31)27-20-12-9-17(2)18(3)16-20/h5-14,16H,4,15H2,1-3H3,(H,27,31)(H2,28,29,30,33). The van der Waals surface area contributed by atoms with Crippen LogP contribution in [0.3, 0.4) is 0 Å².